The third kappa shape index (κ3) is 1.80. The van der Waals surface area contributed by atoms with E-state index in [0.717, 1.165) is 4.88 Å². The topological polar surface area (TPSA) is 20.2 Å². The standard InChI is InChI=1S/C13H16OS/c1-8(2)13-10-5-4-9(3)6-11(10)15-12(13)7-14/h4-6,8,14H,7H2,1-3H3. The van der Waals surface area contributed by atoms with Crippen molar-refractivity contribution in [2.75, 3.05) is 0 Å². The molecule has 0 spiro atoms. The molecule has 0 bridgehead atoms. The average Bonchev–Trinajstić information content (AvgIpc) is 2.54. The predicted molar refractivity (Wildman–Crippen MR) is 66.6 cm³/mol. The molecule has 0 fully saturated rings. The first-order chi connectivity index (χ1) is 7.13. The number of benzene rings is 1. The van der Waals surface area contributed by atoms with Crippen LogP contribution in [0.2, 0.25) is 0 Å². The molecule has 0 aliphatic carbocycles. The van der Waals surface area contributed by atoms with E-state index < -0.39 is 0 Å². The molecule has 1 heterocycles. The predicted octanol–water partition coefficient (Wildman–Crippen LogP) is 3.83. The molecule has 2 rings (SSSR count). The molecule has 0 aliphatic rings. The number of hydrogen-bond acceptors (Lipinski definition) is 2. The summed E-state index contributed by atoms with van der Waals surface area (Å²) in [6.07, 6.45) is 0. The highest BCUT2D eigenvalue weighted by Gasteiger charge is 2.13. The summed E-state index contributed by atoms with van der Waals surface area (Å²) in [5.74, 6) is 0.476. The lowest BCUT2D eigenvalue weighted by Gasteiger charge is -2.06. The van der Waals surface area contributed by atoms with E-state index >= 15 is 0 Å². The van der Waals surface area contributed by atoms with E-state index in [0.29, 0.717) is 5.92 Å². The van der Waals surface area contributed by atoms with Crippen molar-refractivity contribution in [1.29, 1.82) is 0 Å². The number of aliphatic hydroxyl groups is 1. The second kappa shape index (κ2) is 3.95. The monoisotopic (exact) mass is 220 g/mol. The smallest absolute Gasteiger partial charge is 0.0777 e. The summed E-state index contributed by atoms with van der Waals surface area (Å²) >= 11 is 1.72. The normalized spacial score (nSPS) is 11.5. The molecule has 1 aromatic heterocycles. The number of thiophene rings is 1. The van der Waals surface area contributed by atoms with Crippen LogP contribution in [0.1, 0.15) is 35.8 Å². The summed E-state index contributed by atoms with van der Waals surface area (Å²) < 4.78 is 1.29. The first kappa shape index (κ1) is 10.7. The fourth-order valence-electron chi connectivity index (χ4n) is 2.02. The molecule has 0 aliphatic heterocycles. The number of aliphatic hydroxyl groups excluding tert-OH is 1. The first-order valence-electron chi connectivity index (χ1n) is 5.26. The van der Waals surface area contributed by atoms with E-state index in [4.69, 9.17) is 0 Å². The van der Waals surface area contributed by atoms with Gasteiger partial charge in [0.2, 0.25) is 0 Å². The summed E-state index contributed by atoms with van der Waals surface area (Å²) in [4.78, 5) is 1.12. The SMILES string of the molecule is Cc1ccc2c(C(C)C)c(CO)sc2c1. The molecule has 1 N–H and O–H groups in total. The molecule has 0 radical (unpaired) electrons. The summed E-state index contributed by atoms with van der Waals surface area (Å²) in [6.45, 7) is 6.62. The van der Waals surface area contributed by atoms with Crippen LogP contribution in [0.3, 0.4) is 0 Å². The highest BCUT2D eigenvalue weighted by molar-refractivity contribution is 7.19. The van der Waals surface area contributed by atoms with Crippen molar-refractivity contribution in [2.24, 2.45) is 0 Å². The molecule has 0 saturated heterocycles. The molecule has 0 amide bonds. The van der Waals surface area contributed by atoms with Gasteiger partial charge < -0.3 is 5.11 Å². The van der Waals surface area contributed by atoms with Crippen LogP contribution in [0.25, 0.3) is 10.1 Å². The Kier molecular flexibility index (Phi) is 2.81. The van der Waals surface area contributed by atoms with Gasteiger partial charge >= 0.3 is 0 Å². The Morgan fingerprint density at radius 2 is 2.07 bits per heavy atom. The minimum absolute atomic E-state index is 0.159. The largest absolute Gasteiger partial charge is 0.391 e. The Balaban J connectivity index is 2.74. The van der Waals surface area contributed by atoms with Gasteiger partial charge in [0.1, 0.15) is 0 Å². The van der Waals surface area contributed by atoms with Gasteiger partial charge in [-0.25, -0.2) is 0 Å². The van der Waals surface area contributed by atoms with Crippen molar-refractivity contribution in [3.63, 3.8) is 0 Å². The lowest BCUT2D eigenvalue weighted by molar-refractivity contribution is 0.284. The molecule has 0 unspecified atom stereocenters. The summed E-state index contributed by atoms with van der Waals surface area (Å²) in [5.41, 5.74) is 2.60. The molecule has 15 heavy (non-hydrogen) atoms. The maximum Gasteiger partial charge on any atom is 0.0777 e. The van der Waals surface area contributed by atoms with E-state index in [-0.39, 0.29) is 6.61 Å². The maximum atomic E-state index is 9.35. The van der Waals surface area contributed by atoms with Crippen molar-refractivity contribution >= 4 is 21.4 Å². The van der Waals surface area contributed by atoms with E-state index in [1.165, 1.54) is 21.2 Å². The van der Waals surface area contributed by atoms with Crippen LogP contribution >= 0.6 is 11.3 Å². The van der Waals surface area contributed by atoms with Gasteiger partial charge in [0.25, 0.3) is 0 Å². The number of rotatable bonds is 2. The number of hydrogen-bond donors (Lipinski definition) is 1. The summed E-state index contributed by atoms with van der Waals surface area (Å²) in [5, 5.41) is 10.7. The fraction of sp³-hybridized carbons (Fsp3) is 0.385. The number of aryl methyl sites for hydroxylation is 1. The number of fused-ring (bicyclic) bond motifs is 1. The second-order valence-corrected chi connectivity index (χ2v) is 5.39. The van der Waals surface area contributed by atoms with Crippen molar-refractivity contribution in [2.45, 2.75) is 33.3 Å². The summed E-state index contributed by atoms with van der Waals surface area (Å²) in [7, 11) is 0. The Bertz CT molecular complexity index is 482. The van der Waals surface area contributed by atoms with Gasteiger partial charge in [-0.2, -0.15) is 0 Å². The van der Waals surface area contributed by atoms with Crippen LogP contribution in [0.4, 0.5) is 0 Å². The zero-order valence-corrected chi connectivity index (χ0v) is 10.2. The summed E-state index contributed by atoms with van der Waals surface area (Å²) in [6, 6.07) is 6.52. The van der Waals surface area contributed by atoms with E-state index in [2.05, 4.69) is 39.0 Å². The van der Waals surface area contributed by atoms with Gasteiger partial charge in [-0.1, -0.05) is 26.0 Å². The molecule has 0 atom stereocenters. The minimum atomic E-state index is 0.159. The molecule has 0 saturated carbocycles. The lowest BCUT2D eigenvalue weighted by atomic mass is 9.99. The quantitative estimate of drug-likeness (QED) is 0.815. The van der Waals surface area contributed by atoms with Crippen LogP contribution in [0.15, 0.2) is 18.2 Å². The van der Waals surface area contributed by atoms with Gasteiger partial charge in [-0.3, -0.25) is 0 Å². The van der Waals surface area contributed by atoms with Crippen molar-refractivity contribution in [1.82, 2.24) is 0 Å². The fourth-order valence-corrected chi connectivity index (χ4v) is 3.34. The third-order valence-corrected chi connectivity index (χ3v) is 3.83. The molecule has 1 nitrogen and oxygen atoms in total. The highest BCUT2D eigenvalue weighted by atomic mass is 32.1. The third-order valence-electron chi connectivity index (χ3n) is 2.68. The van der Waals surface area contributed by atoms with Gasteiger partial charge in [0.15, 0.2) is 0 Å². The van der Waals surface area contributed by atoms with Crippen LogP contribution in [0.5, 0.6) is 0 Å². The molecular weight excluding hydrogens is 204 g/mol. The Hall–Kier alpha value is -0.860. The first-order valence-corrected chi connectivity index (χ1v) is 6.08. The molecule has 80 valence electrons. The second-order valence-electron chi connectivity index (χ2n) is 4.25. The van der Waals surface area contributed by atoms with Crippen LogP contribution in [0, 0.1) is 6.92 Å². The van der Waals surface area contributed by atoms with E-state index in [1.807, 2.05) is 0 Å². The molecular formula is C13H16OS. The van der Waals surface area contributed by atoms with Crippen LogP contribution in [-0.4, -0.2) is 5.11 Å². The zero-order chi connectivity index (χ0) is 11.0. The van der Waals surface area contributed by atoms with Gasteiger partial charge in [0.05, 0.1) is 6.61 Å². The van der Waals surface area contributed by atoms with Gasteiger partial charge in [-0.15, -0.1) is 11.3 Å². The Labute approximate surface area is 94.4 Å². The Morgan fingerprint density at radius 1 is 1.33 bits per heavy atom. The molecule has 1 aromatic carbocycles. The minimum Gasteiger partial charge on any atom is -0.391 e. The lowest BCUT2D eigenvalue weighted by Crippen LogP contribution is -1.91. The molecule has 2 aromatic rings. The Morgan fingerprint density at radius 3 is 2.67 bits per heavy atom. The van der Waals surface area contributed by atoms with Crippen molar-refractivity contribution in [3.8, 4) is 0 Å². The van der Waals surface area contributed by atoms with E-state index in [9.17, 15) is 5.11 Å². The maximum absolute atomic E-state index is 9.35. The van der Waals surface area contributed by atoms with Crippen molar-refractivity contribution in [3.05, 3.63) is 34.2 Å². The zero-order valence-electron chi connectivity index (χ0n) is 9.37. The van der Waals surface area contributed by atoms with Crippen molar-refractivity contribution < 1.29 is 5.11 Å². The van der Waals surface area contributed by atoms with Gasteiger partial charge in [0, 0.05) is 9.58 Å². The average molecular weight is 220 g/mol. The molecule has 2 heteroatoms. The van der Waals surface area contributed by atoms with Gasteiger partial charge in [-0.05, 0) is 35.4 Å². The highest BCUT2D eigenvalue weighted by Crippen LogP contribution is 2.36. The van der Waals surface area contributed by atoms with Crippen LogP contribution in [-0.2, 0) is 6.61 Å². The van der Waals surface area contributed by atoms with Crippen LogP contribution < -0.4 is 0 Å². The van der Waals surface area contributed by atoms with E-state index in [1.54, 1.807) is 11.3 Å².